The number of thiazole rings is 1. The predicted octanol–water partition coefficient (Wildman–Crippen LogP) is 3.50. The van der Waals surface area contributed by atoms with Gasteiger partial charge in [0.25, 0.3) is 0 Å². The highest BCUT2D eigenvalue weighted by molar-refractivity contribution is 7.14. The van der Waals surface area contributed by atoms with Crippen molar-refractivity contribution in [3.05, 3.63) is 11.1 Å². The van der Waals surface area contributed by atoms with Crippen LogP contribution in [0.25, 0.3) is 0 Å². The molecule has 10 nitrogen and oxygen atoms in total. The largest absolute Gasteiger partial charge is 0.464 e. The van der Waals surface area contributed by atoms with Crippen molar-refractivity contribution in [2.75, 3.05) is 12.4 Å². The standard InChI is InChI=1S/C19H29N3O7S/c1-17(2,3)27-14(24)19(7,8)29-22-12(13(23)26-9)11-10-30-15(20-11)21-16(25)28-18(4,5)6/h10H,1-9H3,(H,20,21,25)/b22-12-. The Labute approximate surface area is 179 Å². The number of aromatic nitrogens is 1. The summed E-state index contributed by atoms with van der Waals surface area (Å²) in [5.74, 6) is -1.49. The smallest absolute Gasteiger partial charge is 0.413 e. The minimum absolute atomic E-state index is 0.0953. The van der Waals surface area contributed by atoms with E-state index in [-0.39, 0.29) is 16.5 Å². The first-order valence-corrected chi connectivity index (χ1v) is 9.96. The van der Waals surface area contributed by atoms with E-state index < -0.39 is 34.8 Å². The van der Waals surface area contributed by atoms with Gasteiger partial charge in [-0.2, -0.15) is 0 Å². The molecule has 0 aromatic carbocycles. The number of hydrogen-bond acceptors (Lipinski definition) is 10. The van der Waals surface area contributed by atoms with E-state index in [4.69, 9.17) is 19.0 Å². The van der Waals surface area contributed by atoms with E-state index in [0.29, 0.717) is 0 Å². The van der Waals surface area contributed by atoms with Crippen LogP contribution in [0, 0.1) is 0 Å². The summed E-state index contributed by atoms with van der Waals surface area (Å²) in [6.45, 7) is 13.3. The van der Waals surface area contributed by atoms with Gasteiger partial charge in [0.1, 0.15) is 16.9 Å². The van der Waals surface area contributed by atoms with Gasteiger partial charge < -0.3 is 19.0 Å². The molecule has 0 unspecified atom stereocenters. The minimum atomic E-state index is -1.47. The fourth-order valence-corrected chi connectivity index (χ4v) is 2.40. The summed E-state index contributed by atoms with van der Waals surface area (Å²) in [6.07, 6.45) is -0.692. The van der Waals surface area contributed by atoms with E-state index in [1.54, 1.807) is 41.5 Å². The lowest BCUT2D eigenvalue weighted by Gasteiger charge is -2.26. The van der Waals surface area contributed by atoms with Gasteiger partial charge in [-0.15, -0.1) is 11.3 Å². The number of esters is 2. The van der Waals surface area contributed by atoms with Crippen molar-refractivity contribution in [3.63, 3.8) is 0 Å². The van der Waals surface area contributed by atoms with E-state index in [1.165, 1.54) is 26.3 Å². The Balaban J connectivity index is 3.03. The molecule has 0 saturated heterocycles. The van der Waals surface area contributed by atoms with Crippen molar-refractivity contribution >= 4 is 40.2 Å². The molecule has 11 heteroatoms. The minimum Gasteiger partial charge on any atom is -0.464 e. The monoisotopic (exact) mass is 443 g/mol. The van der Waals surface area contributed by atoms with Crippen LogP contribution < -0.4 is 5.32 Å². The predicted molar refractivity (Wildman–Crippen MR) is 112 cm³/mol. The van der Waals surface area contributed by atoms with Crippen LogP contribution in [0.2, 0.25) is 0 Å². The summed E-state index contributed by atoms with van der Waals surface area (Å²) in [6, 6.07) is 0. The number of nitrogens with zero attached hydrogens (tertiary/aromatic N) is 2. The average molecular weight is 444 g/mol. The van der Waals surface area contributed by atoms with Gasteiger partial charge in [0.15, 0.2) is 5.13 Å². The van der Waals surface area contributed by atoms with E-state index in [9.17, 15) is 14.4 Å². The Morgan fingerprint density at radius 2 is 1.57 bits per heavy atom. The molecule has 0 radical (unpaired) electrons. The number of anilines is 1. The second kappa shape index (κ2) is 9.41. The molecule has 1 aromatic rings. The van der Waals surface area contributed by atoms with E-state index >= 15 is 0 Å². The van der Waals surface area contributed by atoms with Crippen LogP contribution in [0.5, 0.6) is 0 Å². The van der Waals surface area contributed by atoms with Crippen molar-refractivity contribution in [2.24, 2.45) is 5.16 Å². The molecule has 168 valence electrons. The maximum absolute atomic E-state index is 12.3. The van der Waals surface area contributed by atoms with Crippen LogP contribution in [0.15, 0.2) is 10.5 Å². The molecule has 0 aliphatic heterocycles. The zero-order valence-corrected chi connectivity index (χ0v) is 19.6. The molecule has 0 spiro atoms. The highest BCUT2D eigenvalue weighted by Gasteiger charge is 2.36. The topological polar surface area (TPSA) is 125 Å². The van der Waals surface area contributed by atoms with Crippen LogP contribution in [0.4, 0.5) is 9.93 Å². The molecule has 1 rings (SSSR count). The molecule has 0 saturated carbocycles. The van der Waals surface area contributed by atoms with Gasteiger partial charge in [0.05, 0.1) is 7.11 Å². The molecule has 0 bridgehead atoms. The molecule has 0 fully saturated rings. The third kappa shape index (κ3) is 8.36. The lowest BCUT2D eigenvalue weighted by atomic mass is 10.1. The molecular weight excluding hydrogens is 414 g/mol. The van der Waals surface area contributed by atoms with Crippen molar-refractivity contribution in [1.29, 1.82) is 0 Å². The lowest BCUT2D eigenvalue weighted by Crippen LogP contribution is -2.40. The van der Waals surface area contributed by atoms with E-state index in [1.807, 2.05) is 0 Å². The second-order valence-corrected chi connectivity index (χ2v) is 9.56. The van der Waals surface area contributed by atoms with Gasteiger partial charge in [0, 0.05) is 5.38 Å². The van der Waals surface area contributed by atoms with Crippen molar-refractivity contribution in [3.8, 4) is 0 Å². The Morgan fingerprint density at radius 3 is 2.07 bits per heavy atom. The maximum atomic E-state index is 12.3. The first-order chi connectivity index (χ1) is 13.5. The molecule has 1 aromatic heterocycles. The number of hydrogen-bond donors (Lipinski definition) is 1. The van der Waals surface area contributed by atoms with Crippen LogP contribution in [-0.4, -0.2) is 52.6 Å². The Morgan fingerprint density at radius 1 is 1.00 bits per heavy atom. The fourth-order valence-electron chi connectivity index (χ4n) is 1.71. The van der Waals surface area contributed by atoms with Crippen LogP contribution in [0.3, 0.4) is 0 Å². The Hall–Kier alpha value is -2.69. The highest BCUT2D eigenvalue weighted by atomic mass is 32.1. The molecule has 1 N–H and O–H groups in total. The molecule has 1 amide bonds. The summed E-state index contributed by atoms with van der Waals surface area (Å²) < 4.78 is 15.2. The van der Waals surface area contributed by atoms with Crippen molar-refractivity contribution in [2.45, 2.75) is 72.2 Å². The summed E-state index contributed by atoms with van der Waals surface area (Å²) in [5.41, 5.74) is -3.05. The number of carbonyl (C=O) groups is 3. The third-order valence-electron chi connectivity index (χ3n) is 2.99. The average Bonchev–Trinajstić information content (AvgIpc) is 2.99. The van der Waals surface area contributed by atoms with Gasteiger partial charge in [-0.1, -0.05) is 5.16 Å². The van der Waals surface area contributed by atoms with Crippen LogP contribution in [0.1, 0.15) is 61.1 Å². The van der Waals surface area contributed by atoms with Gasteiger partial charge in [-0.25, -0.2) is 19.4 Å². The molecule has 0 aliphatic carbocycles. The van der Waals surface area contributed by atoms with Crippen LogP contribution >= 0.6 is 11.3 Å². The number of ether oxygens (including phenoxy) is 3. The molecule has 1 heterocycles. The summed E-state index contributed by atoms with van der Waals surface area (Å²) in [7, 11) is 1.17. The first-order valence-electron chi connectivity index (χ1n) is 9.08. The number of carbonyl (C=O) groups excluding carboxylic acids is 3. The zero-order chi connectivity index (χ0) is 23.3. The van der Waals surface area contributed by atoms with E-state index in [0.717, 1.165) is 11.3 Å². The van der Waals surface area contributed by atoms with E-state index in [2.05, 4.69) is 15.5 Å². The van der Waals surface area contributed by atoms with Gasteiger partial charge in [-0.3, -0.25) is 5.32 Å². The molecule has 30 heavy (non-hydrogen) atoms. The normalized spacial score (nSPS) is 12.8. The van der Waals surface area contributed by atoms with Gasteiger partial charge in [-0.05, 0) is 55.4 Å². The maximum Gasteiger partial charge on any atom is 0.413 e. The van der Waals surface area contributed by atoms with Gasteiger partial charge >= 0.3 is 18.0 Å². The number of nitrogens with one attached hydrogen (secondary N) is 1. The zero-order valence-electron chi connectivity index (χ0n) is 18.7. The lowest BCUT2D eigenvalue weighted by molar-refractivity contribution is -0.179. The quantitative estimate of drug-likeness (QED) is 0.306. The fraction of sp³-hybridized carbons (Fsp3) is 0.632. The second-order valence-electron chi connectivity index (χ2n) is 8.70. The Kier molecular flexibility index (Phi) is 7.95. The summed E-state index contributed by atoms with van der Waals surface area (Å²) >= 11 is 1.05. The van der Waals surface area contributed by atoms with Gasteiger partial charge in [0.2, 0.25) is 11.3 Å². The Bertz CT molecular complexity index is 817. The molecule has 0 atom stereocenters. The van der Waals surface area contributed by atoms with Crippen molar-refractivity contribution in [1.82, 2.24) is 4.98 Å². The molecule has 0 aliphatic rings. The number of methoxy groups -OCH3 is 1. The van der Waals surface area contributed by atoms with Crippen LogP contribution in [-0.2, 0) is 28.6 Å². The SMILES string of the molecule is COC(=O)/C(=N\OC(C)(C)C(=O)OC(C)(C)C)c1csc(NC(=O)OC(C)(C)C)n1. The van der Waals surface area contributed by atoms with Crippen molar-refractivity contribution < 1.29 is 33.4 Å². The third-order valence-corrected chi connectivity index (χ3v) is 3.75. The highest BCUT2D eigenvalue weighted by Crippen LogP contribution is 2.21. The summed E-state index contributed by atoms with van der Waals surface area (Å²) in [5, 5.41) is 7.91. The summed E-state index contributed by atoms with van der Waals surface area (Å²) in [4.78, 5) is 45.8. The number of amides is 1. The number of rotatable bonds is 6. The number of oxime groups is 1. The first kappa shape index (κ1) is 25.3. The molecular formula is C19H29N3O7S.